The molecule has 0 saturated heterocycles. The van der Waals surface area contributed by atoms with Crippen molar-refractivity contribution in [2.24, 2.45) is 5.10 Å². The molecule has 12 heteroatoms. The van der Waals surface area contributed by atoms with Crippen LogP contribution in [0.3, 0.4) is 0 Å². The molecule has 9 nitrogen and oxygen atoms in total. The van der Waals surface area contributed by atoms with E-state index in [0.29, 0.717) is 22.0 Å². The van der Waals surface area contributed by atoms with Crippen LogP contribution in [0.2, 0.25) is 0 Å². The Kier molecular flexibility index (Phi) is 13.7. The SMILES string of the molecule is O=C(O)C(Cc1ccc(O)cc1)=NNc1nc(-c2cccc([N+](=O)[O-])c2)cs1.[CH3-].[K].[Y]. The molecule has 0 amide bonds. The van der Waals surface area contributed by atoms with Gasteiger partial charge in [0.15, 0.2) is 0 Å². The van der Waals surface area contributed by atoms with Crippen LogP contribution in [0.25, 0.3) is 11.3 Å². The van der Waals surface area contributed by atoms with Gasteiger partial charge in [-0.2, -0.15) is 5.10 Å². The van der Waals surface area contributed by atoms with Gasteiger partial charge in [0.25, 0.3) is 5.69 Å². The van der Waals surface area contributed by atoms with Crippen molar-refractivity contribution < 1.29 is 52.6 Å². The zero-order chi connectivity index (χ0) is 20.1. The van der Waals surface area contributed by atoms with Gasteiger partial charge in [0.1, 0.15) is 11.5 Å². The van der Waals surface area contributed by atoms with Crippen LogP contribution in [-0.2, 0) is 43.9 Å². The molecule has 3 N–H and O–H groups in total. The number of carboxylic acids is 1. The summed E-state index contributed by atoms with van der Waals surface area (Å²) in [7, 11) is 0. The number of hydrogen-bond acceptors (Lipinski definition) is 8. The van der Waals surface area contributed by atoms with E-state index in [1.807, 2.05) is 0 Å². The quantitative estimate of drug-likeness (QED) is 0.137. The predicted octanol–water partition coefficient (Wildman–Crippen LogP) is 3.59. The topological polar surface area (TPSA) is 138 Å². The van der Waals surface area contributed by atoms with Crippen molar-refractivity contribution in [1.82, 2.24) is 4.98 Å². The second-order valence-electron chi connectivity index (χ2n) is 5.66. The van der Waals surface area contributed by atoms with Crippen LogP contribution in [0.5, 0.6) is 5.75 Å². The molecule has 154 valence electrons. The molecule has 0 bridgehead atoms. The van der Waals surface area contributed by atoms with Gasteiger partial charge in [0.05, 0.1) is 10.6 Å². The number of benzene rings is 2. The molecule has 0 atom stereocenters. The van der Waals surface area contributed by atoms with Gasteiger partial charge in [-0.05, 0) is 17.7 Å². The minimum absolute atomic E-state index is 0. The molecule has 0 aliphatic heterocycles. The number of non-ortho nitro benzene ring substituents is 1. The van der Waals surface area contributed by atoms with Crippen molar-refractivity contribution in [1.29, 1.82) is 0 Å². The van der Waals surface area contributed by atoms with Gasteiger partial charge in [0.2, 0.25) is 5.13 Å². The number of anilines is 1. The number of phenolic OH excluding ortho intramolecular Hbond substituents is 1. The Bertz CT molecular complexity index is 1060. The Balaban J connectivity index is 0.00000300. The molecule has 0 fully saturated rings. The van der Waals surface area contributed by atoms with Crippen molar-refractivity contribution in [3.8, 4) is 17.0 Å². The summed E-state index contributed by atoms with van der Waals surface area (Å²) in [6.45, 7) is 0. The van der Waals surface area contributed by atoms with Gasteiger partial charge in [0, 0.05) is 114 Å². The molecule has 2 aromatic carbocycles. The maximum atomic E-state index is 11.4. The van der Waals surface area contributed by atoms with Crippen LogP contribution in [0.4, 0.5) is 10.8 Å². The number of carbonyl (C=O) groups is 1. The van der Waals surface area contributed by atoms with Crippen LogP contribution < -0.4 is 5.43 Å². The fraction of sp³-hybridized carbons (Fsp3) is 0.0526. The zero-order valence-corrected chi connectivity index (χ0v) is 23.6. The minimum Gasteiger partial charge on any atom is -0.508 e. The van der Waals surface area contributed by atoms with E-state index in [2.05, 4.69) is 15.5 Å². The van der Waals surface area contributed by atoms with Crippen molar-refractivity contribution in [3.63, 3.8) is 0 Å². The van der Waals surface area contributed by atoms with Gasteiger partial charge < -0.3 is 17.6 Å². The number of nitrogens with zero attached hydrogens (tertiary/aromatic N) is 3. The summed E-state index contributed by atoms with van der Waals surface area (Å²) >= 11 is 1.20. The first-order chi connectivity index (χ1) is 13.4. The normalized spacial score (nSPS) is 10.1. The van der Waals surface area contributed by atoms with E-state index in [-0.39, 0.29) is 115 Å². The number of aromatic nitrogens is 1. The third-order valence-electron chi connectivity index (χ3n) is 3.70. The van der Waals surface area contributed by atoms with Crippen molar-refractivity contribution in [2.75, 3.05) is 5.43 Å². The molecule has 0 unspecified atom stereocenters. The van der Waals surface area contributed by atoms with E-state index in [1.54, 1.807) is 29.6 Å². The van der Waals surface area contributed by atoms with E-state index in [0.717, 1.165) is 0 Å². The molecule has 3 rings (SSSR count). The van der Waals surface area contributed by atoms with Crippen LogP contribution in [0.1, 0.15) is 5.56 Å². The molecule has 0 aliphatic rings. The van der Waals surface area contributed by atoms with Gasteiger partial charge in [-0.1, -0.05) is 24.3 Å². The second-order valence-corrected chi connectivity index (χ2v) is 6.52. The van der Waals surface area contributed by atoms with Crippen LogP contribution in [0.15, 0.2) is 59.0 Å². The number of aliphatic carboxylic acids is 1. The predicted molar refractivity (Wildman–Crippen MR) is 117 cm³/mol. The number of hydrogen-bond donors (Lipinski definition) is 3. The first-order valence-electron chi connectivity index (χ1n) is 7.96. The number of rotatable bonds is 7. The molecule has 0 aliphatic carbocycles. The number of aromatic hydroxyl groups is 1. The van der Waals surface area contributed by atoms with Gasteiger partial charge in [-0.15, -0.1) is 11.3 Å². The van der Waals surface area contributed by atoms with Crippen LogP contribution >= 0.6 is 11.3 Å². The smallest absolute Gasteiger partial charge is 0.352 e. The molecular formula is C19H17KN4O5SY-. The van der Waals surface area contributed by atoms with E-state index in [1.165, 1.54) is 35.6 Å². The van der Waals surface area contributed by atoms with Gasteiger partial charge in [-0.25, -0.2) is 9.78 Å². The Morgan fingerprint density at radius 2 is 1.90 bits per heavy atom. The van der Waals surface area contributed by atoms with Crippen molar-refractivity contribution >= 4 is 85.2 Å². The molecule has 3 aromatic rings. The summed E-state index contributed by atoms with van der Waals surface area (Å²) in [6.07, 6.45) is 0.0612. The maximum Gasteiger partial charge on any atom is 0.352 e. The fourth-order valence-electron chi connectivity index (χ4n) is 2.32. The Morgan fingerprint density at radius 3 is 2.52 bits per heavy atom. The van der Waals surface area contributed by atoms with Crippen molar-refractivity contribution in [2.45, 2.75) is 6.42 Å². The first-order valence-corrected chi connectivity index (χ1v) is 8.84. The first kappa shape index (κ1) is 30.0. The molecule has 0 saturated carbocycles. The van der Waals surface area contributed by atoms with E-state index in [9.17, 15) is 25.1 Å². The largest absolute Gasteiger partial charge is 0.508 e. The van der Waals surface area contributed by atoms with Crippen molar-refractivity contribution in [3.05, 3.63) is 77.0 Å². The summed E-state index contributed by atoms with van der Waals surface area (Å²) in [6, 6.07) is 12.2. The third kappa shape index (κ3) is 8.78. The second kappa shape index (κ2) is 14.2. The molecular weight excluding hydrogens is 524 g/mol. The Labute approximate surface area is 250 Å². The van der Waals surface area contributed by atoms with Gasteiger partial charge in [-0.3, -0.25) is 15.5 Å². The number of thiazole rings is 1. The van der Waals surface area contributed by atoms with Gasteiger partial charge >= 0.3 is 5.97 Å². The summed E-state index contributed by atoms with van der Waals surface area (Å²) in [4.78, 5) is 26.1. The summed E-state index contributed by atoms with van der Waals surface area (Å²) in [5, 5.41) is 35.5. The number of nitrogens with one attached hydrogen (secondary N) is 1. The number of nitro benzene ring substituents is 1. The average Bonchev–Trinajstić information content (AvgIpc) is 3.15. The van der Waals surface area contributed by atoms with E-state index < -0.39 is 10.9 Å². The fourth-order valence-corrected chi connectivity index (χ4v) is 2.98. The average molecular weight is 541 g/mol. The van der Waals surface area contributed by atoms with Crippen LogP contribution in [0, 0.1) is 17.5 Å². The number of nitro groups is 1. The maximum absolute atomic E-state index is 11.4. The summed E-state index contributed by atoms with van der Waals surface area (Å²) < 4.78 is 0. The standard InChI is InChI=1S/C18H14N4O5S.CH3.K.Y/c23-14-6-4-11(5-7-14)8-15(17(24)25)20-21-18-19-16(10-28-18)12-2-1-3-13(9-12)22(26)27;;;/h1-7,9-10,23H,8H2,(H,19,21)(H,24,25);1H3;;/q;-1;;. The molecule has 2 radical (unpaired) electrons. The monoisotopic (exact) mass is 541 g/mol. The molecule has 1 heterocycles. The van der Waals surface area contributed by atoms with E-state index >= 15 is 0 Å². The molecule has 31 heavy (non-hydrogen) atoms. The zero-order valence-electron chi connectivity index (χ0n) is 16.8. The summed E-state index contributed by atoms with van der Waals surface area (Å²) in [5.41, 5.74) is 4.22. The Morgan fingerprint density at radius 1 is 1.23 bits per heavy atom. The number of phenols is 1. The third-order valence-corrected chi connectivity index (χ3v) is 4.45. The molecule has 1 aromatic heterocycles. The number of carboxylic acid groups (broad SMARTS) is 1. The molecule has 0 spiro atoms. The summed E-state index contributed by atoms with van der Waals surface area (Å²) in [5.74, 6) is -1.09. The minimum atomic E-state index is -1.18. The van der Waals surface area contributed by atoms with Crippen LogP contribution in [-0.4, -0.2) is 83.2 Å². The Hall–Kier alpha value is -1.05. The van der Waals surface area contributed by atoms with E-state index in [4.69, 9.17) is 0 Å². The number of hydrazone groups is 1.